The van der Waals surface area contributed by atoms with Crippen molar-refractivity contribution in [3.05, 3.63) is 69.9 Å². The molecule has 0 aliphatic carbocycles. The molecular formula is C24H24IN3O3. The van der Waals surface area contributed by atoms with E-state index in [4.69, 9.17) is 4.74 Å². The fourth-order valence-electron chi connectivity index (χ4n) is 3.89. The molecule has 0 bridgehead atoms. The fraction of sp³-hybridized carbons (Fsp3) is 0.292. The van der Waals surface area contributed by atoms with Crippen molar-refractivity contribution in [2.24, 2.45) is 5.92 Å². The van der Waals surface area contributed by atoms with Crippen LogP contribution in [-0.4, -0.2) is 48.0 Å². The lowest BCUT2D eigenvalue weighted by Crippen LogP contribution is -2.38. The monoisotopic (exact) mass is 529 g/mol. The average Bonchev–Trinajstić information content (AvgIpc) is 2.80. The molecule has 160 valence electrons. The molecular weight excluding hydrogens is 505 g/mol. The summed E-state index contributed by atoms with van der Waals surface area (Å²) in [6, 6.07) is 17.1. The number of pyridine rings is 1. The minimum absolute atomic E-state index is 0.0699. The van der Waals surface area contributed by atoms with Gasteiger partial charge in [-0.25, -0.2) is 4.79 Å². The highest BCUT2D eigenvalue weighted by molar-refractivity contribution is 14.1. The van der Waals surface area contributed by atoms with E-state index in [1.54, 1.807) is 6.20 Å². The molecule has 0 unspecified atom stereocenters. The molecule has 0 radical (unpaired) electrons. The maximum absolute atomic E-state index is 12.7. The van der Waals surface area contributed by atoms with Gasteiger partial charge < -0.3 is 4.74 Å². The number of nitrogens with zero attached hydrogens (tertiary/aromatic N) is 2. The number of amides is 1. The SMILES string of the molecule is O=C(Nc1cccc2ncccc12)OCCN1CCC(C(=O)c2ccc(I)cc2)CC1. The first-order valence-electron chi connectivity index (χ1n) is 10.4. The molecule has 1 aliphatic heterocycles. The number of anilines is 1. The van der Waals surface area contributed by atoms with Crippen molar-refractivity contribution in [2.75, 3.05) is 31.6 Å². The maximum atomic E-state index is 12.7. The Bertz CT molecular complexity index is 1060. The third kappa shape index (κ3) is 5.59. The van der Waals surface area contributed by atoms with Crippen LogP contribution in [-0.2, 0) is 4.74 Å². The Morgan fingerprint density at radius 1 is 1.06 bits per heavy atom. The molecule has 31 heavy (non-hydrogen) atoms. The summed E-state index contributed by atoms with van der Waals surface area (Å²) in [5, 5.41) is 3.68. The second kappa shape index (κ2) is 10.2. The highest BCUT2D eigenvalue weighted by Gasteiger charge is 2.25. The van der Waals surface area contributed by atoms with E-state index in [1.165, 1.54) is 0 Å². The van der Waals surface area contributed by atoms with Gasteiger partial charge in [-0.15, -0.1) is 0 Å². The molecule has 3 aromatic rings. The van der Waals surface area contributed by atoms with Gasteiger partial charge in [-0.2, -0.15) is 0 Å². The van der Waals surface area contributed by atoms with Crippen molar-refractivity contribution in [3.63, 3.8) is 0 Å². The molecule has 1 aliphatic rings. The zero-order chi connectivity index (χ0) is 21.6. The molecule has 0 atom stereocenters. The van der Waals surface area contributed by atoms with Gasteiger partial charge in [-0.3, -0.25) is 20.0 Å². The summed E-state index contributed by atoms with van der Waals surface area (Å²) >= 11 is 2.24. The van der Waals surface area contributed by atoms with Gasteiger partial charge in [-0.05, 0) is 84.9 Å². The van der Waals surface area contributed by atoms with Crippen molar-refractivity contribution < 1.29 is 14.3 Å². The van der Waals surface area contributed by atoms with Gasteiger partial charge in [0.15, 0.2) is 5.78 Å². The van der Waals surface area contributed by atoms with E-state index in [-0.39, 0.29) is 11.7 Å². The first-order chi connectivity index (χ1) is 15.1. The normalized spacial score (nSPS) is 15.0. The predicted molar refractivity (Wildman–Crippen MR) is 129 cm³/mol. The van der Waals surface area contributed by atoms with E-state index in [0.717, 1.165) is 46.0 Å². The number of rotatable bonds is 6. The molecule has 2 aromatic carbocycles. The number of Topliss-reactive ketones (excluding diaryl/α,β-unsaturated/α-hetero) is 1. The van der Waals surface area contributed by atoms with Crippen molar-refractivity contribution >= 4 is 51.1 Å². The van der Waals surface area contributed by atoms with Crippen molar-refractivity contribution in [3.8, 4) is 0 Å². The number of benzene rings is 2. The molecule has 1 amide bonds. The number of hydrogen-bond donors (Lipinski definition) is 1. The second-order valence-electron chi connectivity index (χ2n) is 7.62. The Morgan fingerprint density at radius 3 is 2.61 bits per heavy atom. The highest BCUT2D eigenvalue weighted by Crippen LogP contribution is 2.23. The van der Waals surface area contributed by atoms with Crippen molar-refractivity contribution in [1.29, 1.82) is 0 Å². The molecule has 4 rings (SSSR count). The number of likely N-dealkylation sites (tertiary alicyclic amines) is 1. The van der Waals surface area contributed by atoms with Gasteiger partial charge >= 0.3 is 6.09 Å². The lowest BCUT2D eigenvalue weighted by atomic mass is 9.89. The van der Waals surface area contributed by atoms with Crippen LogP contribution in [0, 0.1) is 9.49 Å². The van der Waals surface area contributed by atoms with Crippen LogP contribution < -0.4 is 5.32 Å². The summed E-state index contributed by atoms with van der Waals surface area (Å²) in [6.07, 6.45) is 2.92. The van der Waals surface area contributed by atoms with Crippen LogP contribution in [0.3, 0.4) is 0 Å². The lowest BCUT2D eigenvalue weighted by Gasteiger charge is -2.31. The van der Waals surface area contributed by atoms with Crippen LogP contribution in [0.2, 0.25) is 0 Å². The number of ether oxygens (including phenoxy) is 1. The van der Waals surface area contributed by atoms with Crippen LogP contribution in [0.4, 0.5) is 10.5 Å². The van der Waals surface area contributed by atoms with Crippen LogP contribution in [0.1, 0.15) is 23.2 Å². The summed E-state index contributed by atoms with van der Waals surface area (Å²) < 4.78 is 6.50. The first kappa shape index (κ1) is 21.7. The Labute approximate surface area is 195 Å². The van der Waals surface area contributed by atoms with E-state index >= 15 is 0 Å². The zero-order valence-corrected chi connectivity index (χ0v) is 19.2. The number of fused-ring (bicyclic) bond motifs is 1. The molecule has 6 nitrogen and oxygen atoms in total. The van der Waals surface area contributed by atoms with E-state index in [0.29, 0.717) is 18.8 Å². The summed E-state index contributed by atoms with van der Waals surface area (Å²) in [7, 11) is 0. The Balaban J connectivity index is 1.21. The molecule has 0 saturated carbocycles. The smallest absolute Gasteiger partial charge is 0.411 e. The van der Waals surface area contributed by atoms with Gasteiger partial charge in [-0.1, -0.05) is 18.2 Å². The van der Waals surface area contributed by atoms with E-state index in [1.807, 2.05) is 54.6 Å². The van der Waals surface area contributed by atoms with Gasteiger partial charge in [0.25, 0.3) is 0 Å². The average molecular weight is 529 g/mol. The van der Waals surface area contributed by atoms with Gasteiger partial charge in [0, 0.05) is 33.2 Å². The minimum atomic E-state index is -0.472. The molecule has 0 spiro atoms. The quantitative estimate of drug-likeness (QED) is 0.360. The van der Waals surface area contributed by atoms with Gasteiger partial charge in [0.1, 0.15) is 6.61 Å². The topological polar surface area (TPSA) is 71.5 Å². The Kier molecular flexibility index (Phi) is 7.14. The fourth-order valence-corrected chi connectivity index (χ4v) is 4.25. The summed E-state index contributed by atoms with van der Waals surface area (Å²) in [6.45, 7) is 2.64. The van der Waals surface area contributed by atoms with E-state index in [9.17, 15) is 9.59 Å². The number of hydrogen-bond acceptors (Lipinski definition) is 5. The Morgan fingerprint density at radius 2 is 1.84 bits per heavy atom. The first-order valence-corrected chi connectivity index (χ1v) is 11.5. The van der Waals surface area contributed by atoms with Crippen molar-refractivity contribution in [2.45, 2.75) is 12.8 Å². The Hall–Kier alpha value is -2.52. The van der Waals surface area contributed by atoms with Crippen LogP contribution in [0.25, 0.3) is 10.9 Å². The second-order valence-corrected chi connectivity index (χ2v) is 8.87. The van der Waals surface area contributed by atoms with E-state index < -0.39 is 6.09 Å². The molecule has 1 saturated heterocycles. The molecule has 1 aromatic heterocycles. The number of carbonyl (C=O) groups excluding carboxylic acids is 2. The molecule has 7 heteroatoms. The standard InChI is InChI=1S/C24H24IN3O3/c25-19-8-6-17(7-9-19)23(29)18-10-13-28(14-11-18)15-16-31-24(30)27-22-5-1-4-21-20(22)3-2-12-26-21/h1-9,12,18H,10-11,13-16H2,(H,27,30). The van der Waals surface area contributed by atoms with Crippen LogP contribution in [0.15, 0.2) is 60.8 Å². The molecule has 1 N–H and O–H groups in total. The largest absolute Gasteiger partial charge is 0.448 e. The third-order valence-electron chi connectivity index (χ3n) is 5.61. The van der Waals surface area contributed by atoms with Gasteiger partial charge in [0.2, 0.25) is 0 Å². The number of nitrogens with one attached hydrogen (secondary N) is 1. The summed E-state index contributed by atoms with van der Waals surface area (Å²) in [4.78, 5) is 31.4. The zero-order valence-electron chi connectivity index (χ0n) is 17.1. The number of halogens is 1. The van der Waals surface area contributed by atoms with Gasteiger partial charge in [0.05, 0.1) is 11.2 Å². The lowest BCUT2D eigenvalue weighted by molar-refractivity contribution is 0.0813. The van der Waals surface area contributed by atoms with Crippen LogP contribution >= 0.6 is 22.6 Å². The number of aromatic nitrogens is 1. The molecule has 2 heterocycles. The minimum Gasteiger partial charge on any atom is -0.448 e. The number of ketones is 1. The summed E-state index contributed by atoms with van der Waals surface area (Å²) in [5.41, 5.74) is 2.30. The third-order valence-corrected chi connectivity index (χ3v) is 6.33. The summed E-state index contributed by atoms with van der Waals surface area (Å²) in [5.74, 6) is 0.303. The van der Waals surface area contributed by atoms with E-state index in [2.05, 4.69) is 37.8 Å². The predicted octanol–water partition coefficient (Wildman–Crippen LogP) is 4.98. The highest BCUT2D eigenvalue weighted by atomic mass is 127. The number of carbonyl (C=O) groups is 2. The maximum Gasteiger partial charge on any atom is 0.411 e. The van der Waals surface area contributed by atoms with Crippen LogP contribution in [0.5, 0.6) is 0 Å². The van der Waals surface area contributed by atoms with Crippen molar-refractivity contribution in [1.82, 2.24) is 9.88 Å². The molecule has 1 fully saturated rings. The number of piperidine rings is 1.